The van der Waals surface area contributed by atoms with Gasteiger partial charge >= 0.3 is 5.97 Å². The molecule has 0 aliphatic heterocycles. The minimum Gasteiger partial charge on any atom is -0.467 e. The third kappa shape index (κ3) is 5.74. The highest BCUT2D eigenvalue weighted by molar-refractivity contribution is 5.85. The standard InChI is InChI=1S/C15H17N3O5/c1-10(9-16)6-13(15(20)23-2)17-14(19)8-11-4-3-5-12(7-11)18(21)22/h3-5,7,10,13H,6,8H2,1-2H3,(H,17,19)/t10-,13+/m0/s1. The molecule has 0 spiro atoms. The summed E-state index contributed by atoms with van der Waals surface area (Å²) in [4.78, 5) is 33.8. The molecule has 1 N–H and O–H groups in total. The number of esters is 1. The number of nitrogens with zero attached hydrogens (tertiary/aromatic N) is 2. The number of carbonyl (C=O) groups is 2. The molecule has 2 atom stereocenters. The molecule has 1 aromatic rings. The minimum absolute atomic E-state index is 0.113. The maximum absolute atomic E-state index is 12.0. The van der Waals surface area contributed by atoms with E-state index in [-0.39, 0.29) is 18.5 Å². The van der Waals surface area contributed by atoms with Crippen molar-refractivity contribution in [1.82, 2.24) is 5.32 Å². The van der Waals surface area contributed by atoms with Crippen LogP contribution in [0.1, 0.15) is 18.9 Å². The van der Waals surface area contributed by atoms with Crippen LogP contribution in [-0.4, -0.2) is 30.0 Å². The Morgan fingerprint density at radius 2 is 2.17 bits per heavy atom. The molecule has 23 heavy (non-hydrogen) atoms. The molecule has 0 aromatic heterocycles. The molecule has 0 fully saturated rings. The number of methoxy groups -OCH3 is 1. The molecular weight excluding hydrogens is 302 g/mol. The second kappa shape index (κ2) is 8.48. The van der Waals surface area contributed by atoms with Gasteiger partial charge in [0.05, 0.1) is 24.5 Å². The van der Waals surface area contributed by atoms with Crippen molar-refractivity contribution in [3.05, 3.63) is 39.9 Å². The number of nitriles is 1. The molecule has 0 saturated heterocycles. The lowest BCUT2D eigenvalue weighted by atomic mass is 10.0. The van der Waals surface area contributed by atoms with Gasteiger partial charge in [-0.2, -0.15) is 5.26 Å². The van der Waals surface area contributed by atoms with Gasteiger partial charge in [-0.3, -0.25) is 14.9 Å². The third-order valence-electron chi connectivity index (χ3n) is 3.12. The zero-order valence-corrected chi connectivity index (χ0v) is 12.8. The first kappa shape index (κ1) is 18.1. The van der Waals surface area contributed by atoms with Crippen LogP contribution in [0, 0.1) is 27.4 Å². The summed E-state index contributed by atoms with van der Waals surface area (Å²) in [6, 6.07) is 6.74. The molecule has 8 heteroatoms. The van der Waals surface area contributed by atoms with Gasteiger partial charge in [0.25, 0.3) is 5.69 Å². The maximum atomic E-state index is 12.0. The zero-order valence-electron chi connectivity index (χ0n) is 12.8. The number of rotatable bonds is 7. The van der Waals surface area contributed by atoms with Crippen molar-refractivity contribution >= 4 is 17.6 Å². The van der Waals surface area contributed by atoms with E-state index in [2.05, 4.69) is 10.1 Å². The molecule has 0 unspecified atom stereocenters. The second-order valence-electron chi connectivity index (χ2n) is 5.01. The first-order valence-corrected chi connectivity index (χ1v) is 6.87. The Balaban J connectivity index is 2.75. The number of carbonyl (C=O) groups excluding carboxylic acids is 2. The molecule has 0 radical (unpaired) electrons. The van der Waals surface area contributed by atoms with Crippen molar-refractivity contribution in [3.63, 3.8) is 0 Å². The van der Waals surface area contributed by atoms with E-state index in [1.165, 1.54) is 25.3 Å². The van der Waals surface area contributed by atoms with Gasteiger partial charge in [-0.1, -0.05) is 12.1 Å². The molecule has 1 amide bonds. The molecule has 0 bridgehead atoms. The third-order valence-corrected chi connectivity index (χ3v) is 3.12. The first-order chi connectivity index (χ1) is 10.9. The van der Waals surface area contributed by atoms with Gasteiger partial charge in [0.2, 0.25) is 5.91 Å². The average Bonchev–Trinajstić information content (AvgIpc) is 2.53. The van der Waals surface area contributed by atoms with E-state index in [4.69, 9.17) is 5.26 Å². The smallest absolute Gasteiger partial charge is 0.328 e. The minimum atomic E-state index is -0.930. The number of nitro benzene ring substituents is 1. The molecule has 1 rings (SSSR count). The number of benzene rings is 1. The van der Waals surface area contributed by atoms with E-state index >= 15 is 0 Å². The van der Waals surface area contributed by atoms with Gasteiger partial charge in [0.1, 0.15) is 6.04 Å². The van der Waals surface area contributed by atoms with E-state index in [0.717, 1.165) is 0 Å². The molecule has 0 heterocycles. The lowest BCUT2D eigenvalue weighted by Crippen LogP contribution is -2.43. The summed E-state index contributed by atoms with van der Waals surface area (Å²) in [7, 11) is 1.19. The zero-order chi connectivity index (χ0) is 17.4. The Hall–Kier alpha value is -2.95. The predicted octanol–water partition coefficient (Wildman–Crippen LogP) is 1.34. The molecule has 0 aliphatic carbocycles. The SMILES string of the molecule is COC(=O)[C@@H](C[C@H](C)C#N)NC(=O)Cc1cccc([N+](=O)[O-])c1. The highest BCUT2D eigenvalue weighted by Gasteiger charge is 2.24. The highest BCUT2D eigenvalue weighted by atomic mass is 16.6. The maximum Gasteiger partial charge on any atom is 0.328 e. The number of ether oxygens (including phenoxy) is 1. The van der Waals surface area contributed by atoms with Crippen molar-refractivity contribution in [2.75, 3.05) is 7.11 Å². The quantitative estimate of drug-likeness (QED) is 0.460. The average molecular weight is 319 g/mol. The van der Waals surface area contributed by atoms with Gasteiger partial charge in [0, 0.05) is 18.1 Å². The Morgan fingerprint density at radius 1 is 1.48 bits per heavy atom. The summed E-state index contributed by atoms with van der Waals surface area (Å²) in [5, 5.41) is 22.0. The van der Waals surface area contributed by atoms with E-state index in [1.807, 2.05) is 6.07 Å². The molecule has 8 nitrogen and oxygen atoms in total. The van der Waals surface area contributed by atoms with Gasteiger partial charge in [-0.25, -0.2) is 4.79 Å². The summed E-state index contributed by atoms with van der Waals surface area (Å²) in [6.45, 7) is 1.63. The Kier molecular flexibility index (Phi) is 6.68. The highest BCUT2D eigenvalue weighted by Crippen LogP contribution is 2.14. The van der Waals surface area contributed by atoms with Crippen LogP contribution in [0.2, 0.25) is 0 Å². The second-order valence-corrected chi connectivity index (χ2v) is 5.01. The van der Waals surface area contributed by atoms with Gasteiger partial charge in [0.15, 0.2) is 0 Å². The van der Waals surface area contributed by atoms with Crippen LogP contribution in [0.5, 0.6) is 0 Å². The number of hydrogen-bond acceptors (Lipinski definition) is 6. The summed E-state index contributed by atoms with van der Waals surface area (Å²) < 4.78 is 4.61. The van der Waals surface area contributed by atoms with Gasteiger partial charge in [-0.15, -0.1) is 0 Å². The normalized spacial score (nSPS) is 12.6. The van der Waals surface area contributed by atoms with E-state index < -0.39 is 28.8 Å². The summed E-state index contributed by atoms with van der Waals surface area (Å²) >= 11 is 0. The molecule has 0 aliphatic rings. The topological polar surface area (TPSA) is 122 Å². The van der Waals surface area contributed by atoms with Crippen molar-refractivity contribution in [2.24, 2.45) is 5.92 Å². The monoisotopic (exact) mass is 319 g/mol. The largest absolute Gasteiger partial charge is 0.467 e. The van der Waals surface area contributed by atoms with Crippen LogP contribution in [-0.2, 0) is 20.7 Å². The Bertz CT molecular complexity index is 638. The van der Waals surface area contributed by atoms with Crippen LogP contribution >= 0.6 is 0 Å². The van der Waals surface area contributed by atoms with Gasteiger partial charge < -0.3 is 10.1 Å². The molecule has 122 valence electrons. The fourth-order valence-corrected chi connectivity index (χ4v) is 1.97. The number of hydrogen-bond donors (Lipinski definition) is 1. The summed E-state index contributed by atoms with van der Waals surface area (Å²) in [6.07, 6.45) is 0.0138. The van der Waals surface area contributed by atoms with Crippen LogP contribution in [0.15, 0.2) is 24.3 Å². The van der Waals surface area contributed by atoms with Crippen molar-refractivity contribution in [1.29, 1.82) is 5.26 Å². The number of amides is 1. The summed E-state index contributed by atoms with van der Waals surface area (Å²) in [5.41, 5.74) is 0.339. The van der Waals surface area contributed by atoms with Crippen LogP contribution in [0.25, 0.3) is 0 Å². The molecular formula is C15H17N3O5. The summed E-state index contributed by atoms with van der Waals surface area (Å²) in [5.74, 6) is -1.55. The lowest BCUT2D eigenvalue weighted by molar-refractivity contribution is -0.384. The van der Waals surface area contributed by atoms with Crippen LogP contribution in [0.3, 0.4) is 0 Å². The van der Waals surface area contributed by atoms with Crippen molar-refractivity contribution in [2.45, 2.75) is 25.8 Å². The van der Waals surface area contributed by atoms with Crippen LogP contribution < -0.4 is 5.32 Å². The number of nitrogens with one attached hydrogen (secondary N) is 1. The number of nitro groups is 1. The van der Waals surface area contributed by atoms with E-state index in [0.29, 0.717) is 5.56 Å². The first-order valence-electron chi connectivity index (χ1n) is 6.87. The molecule has 1 aromatic carbocycles. The molecule has 0 saturated carbocycles. The predicted molar refractivity (Wildman–Crippen MR) is 80.1 cm³/mol. The Labute approximate surface area is 133 Å². The fraction of sp³-hybridized carbons (Fsp3) is 0.400. The van der Waals surface area contributed by atoms with Gasteiger partial charge in [-0.05, 0) is 18.9 Å². The lowest BCUT2D eigenvalue weighted by Gasteiger charge is -2.17. The Morgan fingerprint density at radius 3 is 2.74 bits per heavy atom. The van der Waals surface area contributed by atoms with Crippen molar-refractivity contribution in [3.8, 4) is 6.07 Å². The van der Waals surface area contributed by atoms with Crippen molar-refractivity contribution < 1.29 is 19.2 Å². The number of non-ortho nitro benzene ring substituents is 1. The fourth-order valence-electron chi connectivity index (χ4n) is 1.97. The van der Waals surface area contributed by atoms with E-state index in [1.54, 1.807) is 13.0 Å². The van der Waals surface area contributed by atoms with E-state index in [9.17, 15) is 19.7 Å². The van der Waals surface area contributed by atoms with Crippen LogP contribution in [0.4, 0.5) is 5.69 Å².